The molecule has 0 aliphatic carbocycles. The lowest BCUT2D eigenvalue weighted by Gasteiger charge is -2.03. The lowest BCUT2D eigenvalue weighted by Crippen LogP contribution is -2.26. The van der Waals surface area contributed by atoms with E-state index in [0.29, 0.717) is 25.1 Å². The number of aromatic amines is 1. The first-order chi connectivity index (χ1) is 9.06. The summed E-state index contributed by atoms with van der Waals surface area (Å²) >= 11 is 0. The summed E-state index contributed by atoms with van der Waals surface area (Å²) in [5.41, 5.74) is -0.106. The maximum atomic E-state index is 11.1. The Morgan fingerprint density at radius 3 is 2.63 bits per heavy atom. The zero-order chi connectivity index (χ0) is 14.3. The summed E-state index contributed by atoms with van der Waals surface area (Å²) in [5, 5.41) is 9.43. The number of aromatic nitrogens is 2. The second-order valence-corrected chi connectivity index (χ2v) is 4.31. The number of nitrogen functional groups attached to an aromatic ring is 1. The second-order valence-electron chi connectivity index (χ2n) is 4.31. The highest BCUT2D eigenvalue weighted by molar-refractivity contribution is 5.69. The quantitative estimate of drug-likeness (QED) is 0.365. The number of esters is 1. The number of nitrogens with one attached hydrogen (secondary N) is 1. The zero-order valence-electron chi connectivity index (χ0n) is 11.1. The number of nitrogens with zero attached hydrogens (tertiary/aromatic N) is 1. The van der Waals surface area contributed by atoms with Crippen molar-refractivity contribution >= 4 is 5.97 Å². The number of carbonyl (C=O) groups excluding carboxylic acids is 1. The molecule has 108 valence electrons. The van der Waals surface area contributed by atoms with Crippen LogP contribution in [0.5, 0.6) is 5.88 Å². The summed E-state index contributed by atoms with van der Waals surface area (Å²) in [6.45, 7) is 2.20. The van der Waals surface area contributed by atoms with Crippen LogP contribution in [0.2, 0.25) is 0 Å². The standard InChI is InChI=1S/C12H21N3O4/c1-2-19-10(16)8-6-4-3-5-7-9-11(17)14-12(18)15(9)13/h17H,2-8,13H2,1H3,(H,14,18). The molecule has 0 radical (unpaired) electrons. The average Bonchev–Trinajstić information content (AvgIpc) is 2.59. The Hall–Kier alpha value is -1.92. The molecule has 0 aliphatic heterocycles. The molecule has 1 aromatic heterocycles. The van der Waals surface area contributed by atoms with Crippen molar-refractivity contribution in [3.05, 3.63) is 16.2 Å². The molecule has 0 saturated carbocycles. The monoisotopic (exact) mass is 271 g/mol. The minimum atomic E-state index is -0.519. The first-order valence-corrected chi connectivity index (χ1v) is 6.49. The molecular formula is C12H21N3O4. The first kappa shape index (κ1) is 15.1. The van der Waals surface area contributed by atoms with E-state index < -0.39 is 5.69 Å². The maximum Gasteiger partial charge on any atom is 0.347 e. The molecule has 7 heteroatoms. The van der Waals surface area contributed by atoms with Gasteiger partial charge in [-0.3, -0.25) is 9.78 Å². The summed E-state index contributed by atoms with van der Waals surface area (Å²) in [6, 6.07) is 0. The smallest absolute Gasteiger partial charge is 0.347 e. The van der Waals surface area contributed by atoms with Gasteiger partial charge >= 0.3 is 11.7 Å². The van der Waals surface area contributed by atoms with E-state index in [1.165, 1.54) is 0 Å². The average molecular weight is 271 g/mol. The first-order valence-electron chi connectivity index (χ1n) is 6.49. The number of carbonyl (C=O) groups is 1. The Balaban J connectivity index is 2.18. The molecule has 0 unspecified atom stereocenters. The molecule has 1 rings (SSSR count). The van der Waals surface area contributed by atoms with E-state index in [4.69, 9.17) is 10.6 Å². The van der Waals surface area contributed by atoms with Crippen LogP contribution in [0.1, 0.15) is 44.7 Å². The van der Waals surface area contributed by atoms with Crippen LogP contribution in [0.4, 0.5) is 0 Å². The Labute approximate surface area is 111 Å². The van der Waals surface area contributed by atoms with Crippen LogP contribution >= 0.6 is 0 Å². The number of aromatic hydroxyl groups is 1. The molecular weight excluding hydrogens is 250 g/mol. The molecule has 0 spiro atoms. The van der Waals surface area contributed by atoms with Gasteiger partial charge in [-0.25, -0.2) is 9.47 Å². The second kappa shape index (κ2) is 7.50. The summed E-state index contributed by atoms with van der Waals surface area (Å²) in [6.07, 6.45) is 4.35. The molecule has 0 amide bonds. The van der Waals surface area contributed by atoms with Crippen LogP contribution in [0, 0.1) is 0 Å². The van der Waals surface area contributed by atoms with Gasteiger partial charge in [0.1, 0.15) is 5.69 Å². The zero-order valence-corrected chi connectivity index (χ0v) is 11.1. The molecule has 1 aromatic rings. The van der Waals surface area contributed by atoms with Crippen molar-refractivity contribution in [3.63, 3.8) is 0 Å². The van der Waals surface area contributed by atoms with Crippen molar-refractivity contribution in [2.75, 3.05) is 12.4 Å². The van der Waals surface area contributed by atoms with Crippen LogP contribution in [0.3, 0.4) is 0 Å². The highest BCUT2D eigenvalue weighted by Crippen LogP contribution is 2.14. The van der Waals surface area contributed by atoms with Gasteiger partial charge in [-0.15, -0.1) is 0 Å². The minimum absolute atomic E-state index is 0.165. The molecule has 0 aromatic carbocycles. The van der Waals surface area contributed by atoms with E-state index in [9.17, 15) is 14.7 Å². The highest BCUT2D eigenvalue weighted by Gasteiger charge is 2.10. The van der Waals surface area contributed by atoms with Gasteiger partial charge in [0.2, 0.25) is 5.88 Å². The lowest BCUT2D eigenvalue weighted by molar-refractivity contribution is -0.143. The topological polar surface area (TPSA) is 110 Å². The van der Waals surface area contributed by atoms with Crippen molar-refractivity contribution in [1.29, 1.82) is 0 Å². The normalized spacial score (nSPS) is 10.6. The molecule has 0 saturated heterocycles. The van der Waals surface area contributed by atoms with Gasteiger partial charge in [0.05, 0.1) is 6.61 Å². The number of H-pyrrole nitrogens is 1. The van der Waals surface area contributed by atoms with Crippen LogP contribution in [0.25, 0.3) is 0 Å². The molecule has 0 aliphatic rings. The van der Waals surface area contributed by atoms with Crippen LogP contribution in [0.15, 0.2) is 4.79 Å². The molecule has 4 N–H and O–H groups in total. The largest absolute Gasteiger partial charge is 0.493 e. The molecule has 0 atom stereocenters. The van der Waals surface area contributed by atoms with Gasteiger partial charge in [-0.2, -0.15) is 0 Å². The fraction of sp³-hybridized carbons (Fsp3) is 0.667. The van der Waals surface area contributed by atoms with Crippen molar-refractivity contribution in [3.8, 4) is 5.88 Å². The van der Waals surface area contributed by atoms with Crippen LogP contribution < -0.4 is 11.5 Å². The predicted molar refractivity (Wildman–Crippen MR) is 70.3 cm³/mol. The Morgan fingerprint density at radius 2 is 2.05 bits per heavy atom. The SMILES string of the molecule is CCOC(=O)CCCCCCc1c(O)[nH]c(=O)n1N. The Morgan fingerprint density at radius 1 is 1.37 bits per heavy atom. The summed E-state index contributed by atoms with van der Waals surface area (Å²) in [5.74, 6) is 5.14. The third kappa shape index (κ3) is 4.69. The molecule has 7 nitrogen and oxygen atoms in total. The van der Waals surface area contributed by atoms with E-state index in [1.807, 2.05) is 0 Å². The number of imidazole rings is 1. The van der Waals surface area contributed by atoms with Crippen molar-refractivity contribution in [2.24, 2.45) is 0 Å². The van der Waals surface area contributed by atoms with E-state index in [-0.39, 0.29) is 11.8 Å². The minimum Gasteiger partial charge on any atom is -0.493 e. The lowest BCUT2D eigenvalue weighted by atomic mass is 10.1. The van der Waals surface area contributed by atoms with Gasteiger partial charge in [0.25, 0.3) is 0 Å². The van der Waals surface area contributed by atoms with Crippen LogP contribution in [-0.2, 0) is 16.0 Å². The van der Waals surface area contributed by atoms with E-state index in [0.717, 1.165) is 30.4 Å². The number of ether oxygens (including phenoxy) is 1. The number of rotatable bonds is 8. The number of hydrogen-bond acceptors (Lipinski definition) is 5. The highest BCUT2D eigenvalue weighted by atomic mass is 16.5. The number of hydrogen-bond donors (Lipinski definition) is 3. The third-order valence-electron chi connectivity index (χ3n) is 2.86. The van der Waals surface area contributed by atoms with Gasteiger partial charge in [-0.05, 0) is 26.2 Å². The molecule has 0 bridgehead atoms. The third-order valence-corrected chi connectivity index (χ3v) is 2.86. The van der Waals surface area contributed by atoms with Crippen molar-refractivity contribution in [1.82, 2.24) is 9.66 Å². The van der Waals surface area contributed by atoms with Gasteiger partial charge in [-0.1, -0.05) is 12.8 Å². The van der Waals surface area contributed by atoms with Gasteiger partial charge in [0, 0.05) is 6.42 Å². The molecule has 1 heterocycles. The van der Waals surface area contributed by atoms with Crippen LogP contribution in [-0.4, -0.2) is 27.3 Å². The number of nitrogens with two attached hydrogens (primary N) is 1. The van der Waals surface area contributed by atoms with Gasteiger partial charge < -0.3 is 15.7 Å². The predicted octanol–water partition coefficient (Wildman–Crippen LogP) is 0.652. The molecule has 0 fully saturated rings. The van der Waals surface area contributed by atoms with Crippen molar-refractivity contribution < 1.29 is 14.6 Å². The van der Waals surface area contributed by atoms with E-state index in [2.05, 4.69) is 4.98 Å². The van der Waals surface area contributed by atoms with Gasteiger partial charge in [0.15, 0.2) is 0 Å². The van der Waals surface area contributed by atoms with E-state index >= 15 is 0 Å². The summed E-state index contributed by atoms with van der Waals surface area (Å²) < 4.78 is 5.75. The Kier molecular flexibility index (Phi) is 5.98. The number of unbranched alkanes of at least 4 members (excludes halogenated alkanes) is 3. The summed E-state index contributed by atoms with van der Waals surface area (Å²) in [4.78, 5) is 24.4. The fourth-order valence-electron chi connectivity index (χ4n) is 1.86. The fourth-order valence-corrected chi connectivity index (χ4v) is 1.86. The van der Waals surface area contributed by atoms with E-state index in [1.54, 1.807) is 6.92 Å². The molecule has 19 heavy (non-hydrogen) atoms. The van der Waals surface area contributed by atoms with Crippen molar-refractivity contribution in [2.45, 2.75) is 45.4 Å². The maximum absolute atomic E-state index is 11.1. The summed E-state index contributed by atoms with van der Waals surface area (Å²) in [7, 11) is 0. The Bertz CT molecular complexity index is 464.